The Hall–Kier alpha value is 0.400. The molecule has 0 aliphatic rings. The van der Waals surface area contributed by atoms with Gasteiger partial charge in [-0.2, -0.15) is 0 Å². The highest BCUT2D eigenvalue weighted by molar-refractivity contribution is 14.1. The van der Waals surface area contributed by atoms with Crippen LogP contribution in [-0.4, -0.2) is 3.79 Å². The molecule has 0 amide bonds. The Morgan fingerprint density at radius 2 is 1.32 bits per heavy atom. The highest BCUT2D eigenvalue weighted by Crippen LogP contribution is 2.23. The van der Waals surface area contributed by atoms with E-state index in [1.807, 2.05) is 22.6 Å². The summed E-state index contributed by atoms with van der Waals surface area (Å²) in [5.74, 6) is 1.25. The van der Waals surface area contributed by atoms with E-state index >= 15 is 0 Å². The van der Waals surface area contributed by atoms with Gasteiger partial charge in [-0.3, -0.25) is 4.79 Å². The second-order valence-electron chi connectivity index (χ2n) is 6.13. The maximum atomic E-state index is 11.1. The number of rotatable bonds is 13. The Morgan fingerprint density at radius 1 is 0.842 bits per heavy atom. The van der Waals surface area contributed by atoms with Crippen LogP contribution in [0.4, 0.5) is 0 Å². The summed E-state index contributed by atoms with van der Waals surface area (Å²) in [7, 11) is 0. The van der Waals surface area contributed by atoms with Crippen LogP contribution in [0, 0.1) is 11.8 Å². The molecule has 0 fully saturated rings. The van der Waals surface area contributed by atoms with E-state index in [0.717, 1.165) is 6.42 Å². The Morgan fingerprint density at radius 3 is 1.79 bits per heavy atom. The molecule has 0 aromatic heterocycles. The van der Waals surface area contributed by atoms with Crippen LogP contribution in [-0.2, 0) is 4.79 Å². The maximum Gasteiger partial charge on any atom is 0.192 e. The molecule has 0 spiro atoms. The van der Waals surface area contributed by atoms with Gasteiger partial charge in [0.05, 0.1) is 0 Å². The number of unbranched alkanes of at least 4 members (excludes halogenated alkanes) is 8. The van der Waals surface area contributed by atoms with Gasteiger partial charge in [0.1, 0.15) is 0 Å². The van der Waals surface area contributed by atoms with Crippen LogP contribution in [0.15, 0.2) is 0 Å². The van der Waals surface area contributed by atoms with E-state index in [1.54, 1.807) is 0 Å². The molecule has 0 aromatic rings. The largest absolute Gasteiger partial charge is 0.288 e. The third-order valence-corrected chi connectivity index (χ3v) is 4.66. The van der Waals surface area contributed by atoms with Crippen molar-refractivity contribution in [2.45, 2.75) is 91.4 Å². The highest BCUT2D eigenvalue weighted by Gasteiger charge is 2.14. The fourth-order valence-electron chi connectivity index (χ4n) is 2.52. The Labute approximate surface area is 134 Å². The van der Waals surface area contributed by atoms with Gasteiger partial charge in [0.25, 0.3) is 0 Å². The Bertz CT molecular complexity index is 215. The molecule has 0 N–H and O–H groups in total. The summed E-state index contributed by atoms with van der Waals surface area (Å²) < 4.78 is 0.309. The van der Waals surface area contributed by atoms with E-state index in [1.165, 1.54) is 64.2 Å². The van der Waals surface area contributed by atoms with Crippen LogP contribution in [0.5, 0.6) is 0 Å². The lowest BCUT2D eigenvalue weighted by atomic mass is 9.88. The van der Waals surface area contributed by atoms with Crippen molar-refractivity contribution in [1.82, 2.24) is 0 Å². The SMILES string of the molecule is CCCCCCCCCCCC(C)C(C)CC(=O)I. The quantitative estimate of drug-likeness (QED) is 0.202. The lowest BCUT2D eigenvalue weighted by Gasteiger charge is -2.18. The molecule has 2 atom stereocenters. The van der Waals surface area contributed by atoms with Gasteiger partial charge in [0.15, 0.2) is 3.79 Å². The second-order valence-corrected chi connectivity index (χ2v) is 7.33. The van der Waals surface area contributed by atoms with Crippen LogP contribution in [0.3, 0.4) is 0 Å². The predicted molar refractivity (Wildman–Crippen MR) is 93.8 cm³/mol. The summed E-state index contributed by atoms with van der Waals surface area (Å²) in [5.41, 5.74) is 0. The first-order valence-corrected chi connectivity index (χ1v) is 9.34. The minimum absolute atomic E-state index is 0.309. The summed E-state index contributed by atoms with van der Waals surface area (Å²) in [6.07, 6.45) is 14.6. The molecule has 19 heavy (non-hydrogen) atoms. The fourth-order valence-corrected chi connectivity index (χ4v) is 3.21. The zero-order chi connectivity index (χ0) is 14.5. The summed E-state index contributed by atoms with van der Waals surface area (Å²) in [5, 5.41) is 0. The molecule has 0 saturated carbocycles. The van der Waals surface area contributed by atoms with Crippen LogP contribution < -0.4 is 0 Å². The number of hydrogen-bond donors (Lipinski definition) is 0. The summed E-state index contributed by atoms with van der Waals surface area (Å²) in [4.78, 5) is 11.1. The van der Waals surface area contributed by atoms with Crippen molar-refractivity contribution in [2.24, 2.45) is 11.8 Å². The molecular weight excluding hydrogens is 347 g/mol. The molecule has 0 saturated heterocycles. The number of carbonyl (C=O) groups is 1. The Balaban J connectivity index is 3.31. The first-order chi connectivity index (χ1) is 9.07. The van der Waals surface area contributed by atoms with Crippen molar-refractivity contribution >= 4 is 26.4 Å². The molecule has 0 heterocycles. The third kappa shape index (κ3) is 13.1. The molecule has 0 aromatic carbocycles. The molecule has 0 bridgehead atoms. The van der Waals surface area contributed by atoms with E-state index < -0.39 is 0 Å². The van der Waals surface area contributed by atoms with Gasteiger partial charge in [-0.05, 0) is 34.4 Å². The molecular formula is C17H33IO. The summed E-state index contributed by atoms with van der Waals surface area (Å²) in [6, 6.07) is 0. The first-order valence-electron chi connectivity index (χ1n) is 8.26. The number of hydrogen-bond acceptors (Lipinski definition) is 1. The van der Waals surface area contributed by atoms with Crippen molar-refractivity contribution in [3.8, 4) is 0 Å². The molecule has 2 unspecified atom stereocenters. The van der Waals surface area contributed by atoms with Crippen molar-refractivity contribution in [2.75, 3.05) is 0 Å². The first kappa shape index (κ1) is 19.4. The molecule has 114 valence electrons. The lowest BCUT2D eigenvalue weighted by molar-refractivity contribution is -0.110. The molecule has 0 aliphatic carbocycles. The van der Waals surface area contributed by atoms with E-state index in [4.69, 9.17) is 0 Å². The van der Waals surface area contributed by atoms with Gasteiger partial charge in [0, 0.05) is 6.42 Å². The monoisotopic (exact) mass is 380 g/mol. The van der Waals surface area contributed by atoms with Gasteiger partial charge >= 0.3 is 0 Å². The Kier molecular flexibility index (Phi) is 13.7. The third-order valence-electron chi connectivity index (χ3n) is 4.22. The van der Waals surface area contributed by atoms with Crippen molar-refractivity contribution in [3.05, 3.63) is 0 Å². The van der Waals surface area contributed by atoms with Crippen LogP contribution >= 0.6 is 22.6 Å². The predicted octanol–water partition coefficient (Wildman–Crippen LogP) is 6.53. The van der Waals surface area contributed by atoms with Crippen LogP contribution in [0.1, 0.15) is 91.4 Å². The zero-order valence-electron chi connectivity index (χ0n) is 13.2. The number of halogens is 1. The van der Waals surface area contributed by atoms with Gasteiger partial charge in [-0.1, -0.05) is 85.0 Å². The van der Waals surface area contributed by atoms with Gasteiger partial charge in [-0.25, -0.2) is 0 Å². The van der Waals surface area contributed by atoms with Crippen LogP contribution in [0.25, 0.3) is 0 Å². The summed E-state index contributed by atoms with van der Waals surface area (Å²) in [6.45, 7) is 6.79. The maximum absolute atomic E-state index is 11.1. The average Bonchev–Trinajstić information content (AvgIpc) is 2.35. The lowest BCUT2D eigenvalue weighted by Crippen LogP contribution is -2.10. The van der Waals surface area contributed by atoms with E-state index in [2.05, 4.69) is 20.8 Å². The number of carbonyl (C=O) groups excluding carboxylic acids is 1. The normalized spacial score (nSPS) is 14.3. The zero-order valence-corrected chi connectivity index (χ0v) is 15.4. The topological polar surface area (TPSA) is 17.1 Å². The van der Waals surface area contributed by atoms with Gasteiger partial charge < -0.3 is 0 Å². The molecule has 0 radical (unpaired) electrons. The van der Waals surface area contributed by atoms with E-state index in [9.17, 15) is 4.79 Å². The molecule has 1 nitrogen and oxygen atoms in total. The van der Waals surface area contributed by atoms with Crippen molar-refractivity contribution in [3.63, 3.8) is 0 Å². The second kappa shape index (κ2) is 13.4. The molecule has 0 rings (SSSR count). The smallest absolute Gasteiger partial charge is 0.192 e. The minimum atomic E-state index is 0.309. The van der Waals surface area contributed by atoms with Crippen LogP contribution in [0.2, 0.25) is 0 Å². The minimum Gasteiger partial charge on any atom is -0.288 e. The van der Waals surface area contributed by atoms with E-state index in [-0.39, 0.29) is 0 Å². The van der Waals surface area contributed by atoms with Crippen molar-refractivity contribution < 1.29 is 4.79 Å². The van der Waals surface area contributed by atoms with Gasteiger partial charge in [0.2, 0.25) is 0 Å². The van der Waals surface area contributed by atoms with Crippen molar-refractivity contribution in [1.29, 1.82) is 0 Å². The highest BCUT2D eigenvalue weighted by atomic mass is 127. The molecule has 0 aliphatic heterocycles. The average molecular weight is 380 g/mol. The molecule has 2 heteroatoms. The fraction of sp³-hybridized carbons (Fsp3) is 0.941. The van der Waals surface area contributed by atoms with Gasteiger partial charge in [-0.15, -0.1) is 0 Å². The standard InChI is InChI=1S/C17H33IO/c1-4-5-6-7-8-9-10-11-12-13-15(2)16(3)14-17(18)19/h15-16H,4-14H2,1-3H3. The summed E-state index contributed by atoms with van der Waals surface area (Å²) >= 11 is 1.92. The van der Waals surface area contributed by atoms with E-state index in [0.29, 0.717) is 15.6 Å².